The number of hydrogen-bond donors (Lipinski definition) is 2. The van der Waals surface area contributed by atoms with Gasteiger partial charge in [0, 0.05) is 6.04 Å². The van der Waals surface area contributed by atoms with Crippen LogP contribution in [0.15, 0.2) is 12.1 Å². The van der Waals surface area contributed by atoms with Crippen LogP contribution in [0.4, 0.5) is 8.78 Å². The van der Waals surface area contributed by atoms with Crippen LogP contribution in [0.25, 0.3) is 0 Å². The SMILES string of the molecule is CC1(C)OB(c2cc(OCCO)c(C(=O)NC3CC3)c(OC(F)F)c2)OC1(C)C. The van der Waals surface area contributed by atoms with Crippen molar-refractivity contribution in [2.24, 2.45) is 0 Å². The summed E-state index contributed by atoms with van der Waals surface area (Å²) in [7, 11) is -0.864. The first-order valence-corrected chi connectivity index (χ1v) is 9.57. The van der Waals surface area contributed by atoms with Crippen LogP contribution < -0.4 is 20.3 Å². The third kappa shape index (κ3) is 4.81. The number of hydrogen-bond acceptors (Lipinski definition) is 6. The molecular weight excluding hydrogens is 387 g/mol. The predicted molar refractivity (Wildman–Crippen MR) is 102 cm³/mol. The summed E-state index contributed by atoms with van der Waals surface area (Å²) >= 11 is 0. The van der Waals surface area contributed by atoms with E-state index in [0.29, 0.717) is 5.46 Å². The molecule has 0 aromatic heterocycles. The molecule has 1 amide bonds. The molecule has 0 radical (unpaired) electrons. The Morgan fingerprint density at radius 1 is 1.24 bits per heavy atom. The summed E-state index contributed by atoms with van der Waals surface area (Å²) in [5.41, 5.74) is -1.06. The minimum Gasteiger partial charge on any atom is -0.490 e. The number of alkyl halides is 2. The molecule has 1 aromatic carbocycles. The van der Waals surface area contributed by atoms with Crippen molar-refractivity contribution in [1.82, 2.24) is 5.32 Å². The molecule has 0 spiro atoms. The van der Waals surface area contributed by atoms with Gasteiger partial charge in [0.15, 0.2) is 0 Å². The summed E-state index contributed by atoms with van der Waals surface area (Å²) in [4.78, 5) is 12.7. The van der Waals surface area contributed by atoms with Gasteiger partial charge in [0.25, 0.3) is 5.91 Å². The fraction of sp³-hybridized carbons (Fsp3) is 0.632. The lowest BCUT2D eigenvalue weighted by atomic mass is 9.78. The van der Waals surface area contributed by atoms with Gasteiger partial charge < -0.3 is 29.2 Å². The summed E-state index contributed by atoms with van der Waals surface area (Å²) < 4.78 is 48.2. The van der Waals surface area contributed by atoms with E-state index < -0.39 is 30.8 Å². The van der Waals surface area contributed by atoms with Gasteiger partial charge in [-0.05, 0) is 58.1 Å². The monoisotopic (exact) mass is 413 g/mol. The summed E-state index contributed by atoms with van der Waals surface area (Å²) in [6, 6.07) is 2.82. The number of amides is 1. The number of rotatable bonds is 8. The fourth-order valence-corrected chi connectivity index (χ4v) is 2.89. The van der Waals surface area contributed by atoms with Gasteiger partial charge in [0.1, 0.15) is 23.7 Å². The molecule has 0 unspecified atom stereocenters. The maximum absolute atomic E-state index is 13.1. The second-order valence-corrected chi connectivity index (χ2v) is 8.18. The van der Waals surface area contributed by atoms with Crippen molar-refractivity contribution in [2.45, 2.75) is 64.4 Å². The molecule has 1 aliphatic carbocycles. The Bertz CT molecular complexity index is 753. The second-order valence-electron chi connectivity index (χ2n) is 8.18. The van der Waals surface area contributed by atoms with Crippen LogP contribution in [0.1, 0.15) is 50.9 Å². The summed E-state index contributed by atoms with van der Waals surface area (Å²) in [6.45, 7) is 3.89. The molecule has 3 rings (SSSR count). The van der Waals surface area contributed by atoms with Gasteiger partial charge in [-0.15, -0.1) is 0 Å². The van der Waals surface area contributed by atoms with Gasteiger partial charge in [-0.25, -0.2) is 0 Å². The molecular formula is C19H26BF2NO6. The van der Waals surface area contributed by atoms with Gasteiger partial charge in [0.2, 0.25) is 0 Å². The summed E-state index contributed by atoms with van der Waals surface area (Å²) in [5, 5.41) is 11.9. The Hall–Kier alpha value is -1.91. The molecule has 7 nitrogen and oxygen atoms in total. The van der Waals surface area contributed by atoms with E-state index in [1.165, 1.54) is 12.1 Å². The van der Waals surface area contributed by atoms with Gasteiger partial charge in [-0.2, -0.15) is 8.78 Å². The maximum Gasteiger partial charge on any atom is 0.495 e. The van der Waals surface area contributed by atoms with Crippen LogP contribution in [-0.2, 0) is 9.31 Å². The fourth-order valence-electron chi connectivity index (χ4n) is 2.89. The topological polar surface area (TPSA) is 86.2 Å². The molecule has 1 saturated heterocycles. The molecule has 2 N–H and O–H groups in total. The largest absolute Gasteiger partial charge is 0.495 e. The summed E-state index contributed by atoms with van der Waals surface area (Å²) in [5.74, 6) is -0.894. The Balaban J connectivity index is 2.02. The number of aliphatic hydroxyl groups is 1. The van der Waals surface area contributed by atoms with Crippen LogP contribution in [0.2, 0.25) is 0 Å². The predicted octanol–water partition coefficient (Wildman–Crippen LogP) is 1.85. The number of benzene rings is 1. The first-order chi connectivity index (χ1) is 13.5. The van der Waals surface area contributed by atoms with E-state index >= 15 is 0 Å². The van der Waals surface area contributed by atoms with Crippen LogP contribution in [0.3, 0.4) is 0 Å². The van der Waals surface area contributed by atoms with Gasteiger partial charge in [-0.3, -0.25) is 4.79 Å². The van der Waals surface area contributed by atoms with Crippen molar-refractivity contribution in [3.63, 3.8) is 0 Å². The molecule has 0 bridgehead atoms. The van der Waals surface area contributed by atoms with E-state index in [2.05, 4.69) is 10.1 Å². The van der Waals surface area contributed by atoms with Crippen LogP contribution in [0, 0.1) is 0 Å². The van der Waals surface area contributed by atoms with Crippen molar-refractivity contribution < 1.29 is 37.5 Å². The van der Waals surface area contributed by atoms with Crippen LogP contribution in [-0.4, -0.2) is 55.2 Å². The molecule has 1 aliphatic heterocycles. The van der Waals surface area contributed by atoms with Crippen molar-refractivity contribution in [3.05, 3.63) is 17.7 Å². The quantitative estimate of drug-likeness (QED) is 0.633. The van der Waals surface area contributed by atoms with Crippen LogP contribution >= 0.6 is 0 Å². The molecule has 2 aliphatic rings. The van der Waals surface area contributed by atoms with Gasteiger partial charge >= 0.3 is 13.7 Å². The molecule has 1 heterocycles. The third-order valence-electron chi connectivity index (χ3n) is 5.32. The lowest BCUT2D eigenvalue weighted by Crippen LogP contribution is -2.41. The Morgan fingerprint density at radius 3 is 2.34 bits per heavy atom. The average Bonchev–Trinajstić information content (AvgIpc) is 3.37. The minimum atomic E-state index is -3.14. The zero-order valence-electron chi connectivity index (χ0n) is 17.0. The molecule has 160 valence electrons. The van der Waals surface area contributed by atoms with Crippen molar-refractivity contribution in [1.29, 1.82) is 0 Å². The smallest absolute Gasteiger partial charge is 0.490 e. The molecule has 0 atom stereocenters. The molecule has 1 aromatic rings. The maximum atomic E-state index is 13.1. The molecule has 29 heavy (non-hydrogen) atoms. The zero-order valence-corrected chi connectivity index (χ0v) is 17.0. The van der Waals surface area contributed by atoms with E-state index in [1.807, 2.05) is 27.7 Å². The van der Waals surface area contributed by atoms with Gasteiger partial charge in [0.05, 0.1) is 17.8 Å². The lowest BCUT2D eigenvalue weighted by Gasteiger charge is -2.32. The highest BCUT2D eigenvalue weighted by atomic mass is 19.3. The van der Waals surface area contributed by atoms with Crippen molar-refractivity contribution in [2.75, 3.05) is 13.2 Å². The third-order valence-corrected chi connectivity index (χ3v) is 5.32. The lowest BCUT2D eigenvalue weighted by molar-refractivity contribution is -0.0502. The normalized spacial score (nSPS) is 20.1. The van der Waals surface area contributed by atoms with E-state index in [9.17, 15) is 13.6 Å². The standard InChI is InChI=1S/C19H26BF2NO6/c1-18(2)19(3,4)29-20(28-18)11-9-13(26-8-7-24)15(14(10-11)27-17(21)22)16(25)23-12-5-6-12/h9-10,12,17,24H,5-8H2,1-4H3,(H,23,25). The minimum absolute atomic E-state index is 0.00960. The zero-order chi connectivity index (χ0) is 21.4. The van der Waals surface area contributed by atoms with Crippen molar-refractivity contribution in [3.8, 4) is 11.5 Å². The molecule has 10 heteroatoms. The number of halogens is 2. The molecule has 2 fully saturated rings. The van der Waals surface area contributed by atoms with Gasteiger partial charge in [-0.1, -0.05) is 0 Å². The van der Waals surface area contributed by atoms with Crippen LogP contribution in [0.5, 0.6) is 11.5 Å². The Morgan fingerprint density at radius 2 is 1.83 bits per heavy atom. The first-order valence-electron chi connectivity index (χ1n) is 9.57. The van der Waals surface area contributed by atoms with Crippen molar-refractivity contribution >= 4 is 18.5 Å². The Labute approximate surface area is 168 Å². The number of nitrogens with one attached hydrogen (secondary N) is 1. The summed E-state index contributed by atoms with van der Waals surface area (Å²) in [6.07, 6.45) is 1.66. The number of aliphatic hydroxyl groups excluding tert-OH is 1. The van der Waals surface area contributed by atoms with E-state index in [4.69, 9.17) is 19.2 Å². The second kappa shape index (κ2) is 8.08. The highest BCUT2D eigenvalue weighted by Crippen LogP contribution is 2.38. The van der Waals surface area contributed by atoms with E-state index in [1.54, 1.807) is 0 Å². The van der Waals surface area contributed by atoms with E-state index in [0.717, 1.165) is 12.8 Å². The number of carbonyl (C=O) groups is 1. The van der Waals surface area contributed by atoms with E-state index in [-0.39, 0.29) is 36.3 Å². The Kier molecular flexibility index (Phi) is 6.07. The average molecular weight is 413 g/mol. The number of ether oxygens (including phenoxy) is 2. The highest BCUT2D eigenvalue weighted by Gasteiger charge is 2.52. The number of carbonyl (C=O) groups excluding carboxylic acids is 1. The molecule has 1 saturated carbocycles. The first kappa shape index (κ1) is 21.8. The highest BCUT2D eigenvalue weighted by molar-refractivity contribution is 6.62.